The van der Waals surface area contributed by atoms with Crippen LogP contribution >= 0.6 is 22.6 Å². The number of nitrogens with one attached hydrogen (secondary N) is 1. The van der Waals surface area contributed by atoms with Gasteiger partial charge in [-0.1, -0.05) is 25.1 Å². The topological polar surface area (TPSA) is 49.9 Å². The Morgan fingerprint density at radius 1 is 1.58 bits per heavy atom. The van der Waals surface area contributed by atoms with Gasteiger partial charge in [-0.2, -0.15) is 0 Å². The normalized spacial score (nSPS) is 9.83. The second kappa shape index (κ2) is 3.89. The summed E-state index contributed by atoms with van der Waals surface area (Å²) in [6.07, 6.45) is 0.920. The summed E-state index contributed by atoms with van der Waals surface area (Å²) in [6, 6.07) is 5.82. The molecule has 12 heavy (non-hydrogen) atoms. The zero-order chi connectivity index (χ0) is 9.14. The van der Waals surface area contributed by atoms with Crippen LogP contribution in [0.25, 0.3) is 0 Å². The first kappa shape index (κ1) is 9.51. The number of anilines is 1. The van der Waals surface area contributed by atoms with E-state index in [1.807, 2.05) is 40.8 Å². The van der Waals surface area contributed by atoms with E-state index in [-0.39, 0.29) is 0 Å². The molecule has 1 rings (SSSR count). The molecule has 0 aromatic heterocycles. The molecule has 0 fully saturated rings. The lowest BCUT2D eigenvalue weighted by Crippen LogP contribution is -2.00. The van der Waals surface area contributed by atoms with Crippen molar-refractivity contribution >= 4 is 32.0 Å². The molecule has 0 aliphatic carbocycles. The zero-order valence-electron chi connectivity index (χ0n) is 6.89. The minimum atomic E-state index is 0.500. The van der Waals surface area contributed by atoms with Crippen molar-refractivity contribution in [3.63, 3.8) is 0 Å². The highest BCUT2D eigenvalue weighted by atomic mass is 127. The van der Waals surface area contributed by atoms with Gasteiger partial charge in [-0.05, 0) is 34.6 Å². The molecule has 1 aromatic carbocycles. The van der Waals surface area contributed by atoms with E-state index in [1.54, 1.807) is 0 Å². The minimum Gasteiger partial charge on any atom is -0.398 e. The number of nitrogen functional groups attached to an aromatic ring is 1. The summed E-state index contributed by atoms with van der Waals surface area (Å²) in [4.78, 5) is 0. The summed E-state index contributed by atoms with van der Waals surface area (Å²) < 4.78 is 0.500. The molecule has 64 valence electrons. The molecule has 0 saturated carbocycles. The molecule has 2 nitrogen and oxygen atoms in total. The van der Waals surface area contributed by atoms with Crippen molar-refractivity contribution in [2.24, 2.45) is 0 Å². The van der Waals surface area contributed by atoms with Crippen molar-refractivity contribution in [1.29, 1.82) is 5.41 Å². The van der Waals surface area contributed by atoms with Crippen LogP contribution < -0.4 is 5.73 Å². The number of aryl methyl sites for hydroxylation is 1. The van der Waals surface area contributed by atoms with Crippen LogP contribution in [0.15, 0.2) is 18.2 Å². The molecule has 0 aliphatic rings. The van der Waals surface area contributed by atoms with Crippen molar-refractivity contribution in [2.45, 2.75) is 13.3 Å². The number of para-hydroxylation sites is 1. The largest absolute Gasteiger partial charge is 0.398 e. The molecule has 0 spiro atoms. The van der Waals surface area contributed by atoms with Crippen LogP contribution in [0.4, 0.5) is 5.69 Å². The lowest BCUT2D eigenvalue weighted by atomic mass is 10.1. The second-order valence-electron chi connectivity index (χ2n) is 2.55. The summed E-state index contributed by atoms with van der Waals surface area (Å²) >= 11 is 1.97. The number of hydrogen-bond donors (Lipinski definition) is 2. The third-order valence-electron chi connectivity index (χ3n) is 1.81. The first-order chi connectivity index (χ1) is 5.66. The Morgan fingerprint density at radius 2 is 2.25 bits per heavy atom. The van der Waals surface area contributed by atoms with E-state index in [1.165, 1.54) is 0 Å². The number of hydrogen-bond acceptors (Lipinski definition) is 2. The average molecular weight is 274 g/mol. The second-order valence-corrected chi connectivity index (χ2v) is 3.62. The molecule has 0 atom stereocenters. The van der Waals surface area contributed by atoms with Gasteiger partial charge in [-0.15, -0.1) is 0 Å². The van der Waals surface area contributed by atoms with Crippen molar-refractivity contribution < 1.29 is 0 Å². The fraction of sp³-hybridized carbons (Fsp3) is 0.222. The Bertz CT molecular complexity index is 307. The SMILES string of the molecule is CCc1cccc(C(=N)I)c1N. The molecule has 0 unspecified atom stereocenters. The van der Waals surface area contributed by atoms with Gasteiger partial charge in [0.05, 0.1) is 0 Å². The summed E-state index contributed by atoms with van der Waals surface area (Å²) in [6.45, 7) is 2.06. The molecule has 0 amide bonds. The standard InChI is InChI=1S/C9H11IN2/c1-2-6-4-3-5-7(8(6)11)9(10)12/h3-5,12H,2,11H2,1H3. The van der Waals surface area contributed by atoms with Gasteiger partial charge in [0.25, 0.3) is 0 Å². The van der Waals surface area contributed by atoms with Gasteiger partial charge >= 0.3 is 0 Å². The molecular formula is C9H11IN2. The maximum absolute atomic E-state index is 7.45. The Labute approximate surface area is 85.8 Å². The van der Waals surface area contributed by atoms with E-state index < -0.39 is 0 Å². The molecule has 0 heterocycles. The highest BCUT2D eigenvalue weighted by Gasteiger charge is 2.04. The summed E-state index contributed by atoms with van der Waals surface area (Å²) in [5.41, 5.74) is 8.56. The monoisotopic (exact) mass is 274 g/mol. The average Bonchev–Trinajstić information content (AvgIpc) is 2.04. The Hall–Kier alpha value is -0.580. The van der Waals surface area contributed by atoms with Gasteiger partial charge in [-0.3, -0.25) is 5.41 Å². The summed E-state index contributed by atoms with van der Waals surface area (Å²) in [7, 11) is 0. The van der Waals surface area contributed by atoms with Crippen LogP contribution in [0.5, 0.6) is 0 Å². The number of nitrogens with two attached hydrogens (primary N) is 1. The summed E-state index contributed by atoms with van der Waals surface area (Å²) in [5.74, 6) is 0. The van der Waals surface area contributed by atoms with E-state index in [2.05, 4.69) is 6.92 Å². The van der Waals surface area contributed by atoms with Crippen LogP contribution in [-0.2, 0) is 6.42 Å². The summed E-state index contributed by atoms with van der Waals surface area (Å²) in [5, 5.41) is 7.45. The maximum Gasteiger partial charge on any atom is 0.101 e. The molecule has 0 bridgehead atoms. The van der Waals surface area contributed by atoms with E-state index in [9.17, 15) is 0 Å². The molecular weight excluding hydrogens is 263 g/mol. The highest BCUT2D eigenvalue weighted by molar-refractivity contribution is 14.1. The smallest absolute Gasteiger partial charge is 0.101 e. The maximum atomic E-state index is 7.45. The fourth-order valence-electron chi connectivity index (χ4n) is 1.11. The first-order valence-electron chi connectivity index (χ1n) is 3.78. The highest BCUT2D eigenvalue weighted by Crippen LogP contribution is 2.20. The van der Waals surface area contributed by atoms with Gasteiger partial charge in [0, 0.05) is 11.3 Å². The van der Waals surface area contributed by atoms with Gasteiger partial charge in [-0.25, -0.2) is 0 Å². The van der Waals surface area contributed by atoms with Crippen molar-refractivity contribution in [2.75, 3.05) is 5.73 Å². The lowest BCUT2D eigenvalue weighted by Gasteiger charge is -2.06. The molecule has 3 heteroatoms. The van der Waals surface area contributed by atoms with Gasteiger partial charge < -0.3 is 5.73 Å². The first-order valence-corrected chi connectivity index (χ1v) is 4.86. The molecule has 0 radical (unpaired) electrons. The Kier molecular flexibility index (Phi) is 3.08. The number of halogens is 1. The molecule has 0 aliphatic heterocycles. The van der Waals surface area contributed by atoms with Gasteiger partial charge in [0.15, 0.2) is 0 Å². The van der Waals surface area contributed by atoms with E-state index in [4.69, 9.17) is 11.1 Å². The number of rotatable bonds is 2. The minimum absolute atomic E-state index is 0.500. The van der Waals surface area contributed by atoms with E-state index in [0.717, 1.165) is 23.2 Å². The van der Waals surface area contributed by atoms with Gasteiger partial charge in [0.1, 0.15) is 3.72 Å². The Morgan fingerprint density at radius 3 is 2.75 bits per heavy atom. The van der Waals surface area contributed by atoms with Crippen molar-refractivity contribution in [1.82, 2.24) is 0 Å². The zero-order valence-corrected chi connectivity index (χ0v) is 9.05. The predicted octanol–water partition coefficient (Wildman–Crippen LogP) is 2.59. The van der Waals surface area contributed by atoms with Crippen LogP contribution in [0, 0.1) is 5.41 Å². The number of benzene rings is 1. The Balaban J connectivity index is 3.23. The molecule has 3 N–H and O–H groups in total. The van der Waals surface area contributed by atoms with Crippen LogP contribution in [-0.4, -0.2) is 3.72 Å². The van der Waals surface area contributed by atoms with Crippen LogP contribution in [0.1, 0.15) is 18.1 Å². The quantitative estimate of drug-likeness (QED) is 0.486. The third-order valence-corrected chi connectivity index (χ3v) is 2.39. The third kappa shape index (κ3) is 1.77. The molecule has 0 saturated heterocycles. The van der Waals surface area contributed by atoms with Crippen molar-refractivity contribution in [3.8, 4) is 0 Å². The lowest BCUT2D eigenvalue weighted by molar-refractivity contribution is 1.14. The molecule has 1 aromatic rings. The predicted molar refractivity (Wildman–Crippen MR) is 61.1 cm³/mol. The fourth-order valence-corrected chi connectivity index (χ4v) is 1.58. The van der Waals surface area contributed by atoms with E-state index >= 15 is 0 Å². The van der Waals surface area contributed by atoms with Crippen molar-refractivity contribution in [3.05, 3.63) is 29.3 Å². The van der Waals surface area contributed by atoms with Crippen LogP contribution in [0.3, 0.4) is 0 Å². The van der Waals surface area contributed by atoms with E-state index in [0.29, 0.717) is 3.72 Å². The van der Waals surface area contributed by atoms with Crippen LogP contribution in [0.2, 0.25) is 0 Å². The van der Waals surface area contributed by atoms with Gasteiger partial charge in [0.2, 0.25) is 0 Å².